The standard InChI is InChI=1S/C13H16BrNO2/c1-17-13(16)10-4-5-11(12(14)8-10)9-15-6-2-3-7-15/h4-5,8H,2-3,6-7,9H2,1H3. The number of likely N-dealkylation sites (tertiary alicyclic amines) is 1. The molecule has 0 aromatic heterocycles. The molecule has 0 amide bonds. The SMILES string of the molecule is COC(=O)c1ccc(CN2CCCC2)c(Br)c1. The van der Waals surface area contributed by atoms with Crippen molar-refractivity contribution < 1.29 is 9.53 Å². The number of esters is 1. The maximum atomic E-state index is 11.4. The first-order valence-corrected chi connectivity index (χ1v) is 6.59. The molecule has 2 rings (SSSR count). The van der Waals surface area contributed by atoms with Gasteiger partial charge in [0.1, 0.15) is 0 Å². The minimum Gasteiger partial charge on any atom is -0.465 e. The normalized spacial score (nSPS) is 16.1. The van der Waals surface area contributed by atoms with Crippen LogP contribution in [0.15, 0.2) is 22.7 Å². The Bertz CT molecular complexity index is 414. The summed E-state index contributed by atoms with van der Waals surface area (Å²) in [4.78, 5) is 13.8. The second-order valence-corrected chi connectivity index (χ2v) is 5.14. The Kier molecular flexibility index (Phi) is 4.18. The van der Waals surface area contributed by atoms with Gasteiger partial charge in [-0.25, -0.2) is 4.79 Å². The third kappa shape index (κ3) is 3.07. The molecule has 0 N–H and O–H groups in total. The Hall–Kier alpha value is -0.870. The molecular weight excluding hydrogens is 282 g/mol. The summed E-state index contributed by atoms with van der Waals surface area (Å²) < 4.78 is 5.67. The fourth-order valence-electron chi connectivity index (χ4n) is 2.10. The molecule has 3 nitrogen and oxygen atoms in total. The van der Waals surface area contributed by atoms with Crippen LogP contribution in [0.4, 0.5) is 0 Å². The number of hydrogen-bond donors (Lipinski definition) is 0. The summed E-state index contributed by atoms with van der Waals surface area (Å²) in [6, 6.07) is 5.65. The first-order valence-electron chi connectivity index (χ1n) is 5.80. The van der Waals surface area contributed by atoms with Gasteiger partial charge in [-0.2, -0.15) is 0 Å². The van der Waals surface area contributed by atoms with Crippen molar-refractivity contribution in [3.63, 3.8) is 0 Å². The van der Waals surface area contributed by atoms with E-state index in [-0.39, 0.29) is 5.97 Å². The molecule has 0 radical (unpaired) electrons. The molecule has 0 saturated carbocycles. The first kappa shape index (κ1) is 12.6. The second-order valence-electron chi connectivity index (χ2n) is 4.28. The topological polar surface area (TPSA) is 29.5 Å². The predicted molar refractivity (Wildman–Crippen MR) is 70.0 cm³/mol. The molecular formula is C13H16BrNO2. The quantitative estimate of drug-likeness (QED) is 0.804. The summed E-state index contributed by atoms with van der Waals surface area (Å²) in [5, 5.41) is 0. The molecule has 4 heteroatoms. The van der Waals surface area contributed by atoms with Gasteiger partial charge in [-0.05, 0) is 43.6 Å². The van der Waals surface area contributed by atoms with Crippen molar-refractivity contribution in [2.24, 2.45) is 0 Å². The summed E-state index contributed by atoms with van der Waals surface area (Å²) in [6.45, 7) is 3.29. The summed E-state index contributed by atoms with van der Waals surface area (Å²) in [7, 11) is 1.40. The van der Waals surface area contributed by atoms with Gasteiger partial charge in [-0.1, -0.05) is 22.0 Å². The molecule has 0 atom stereocenters. The van der Waals surface area contributed by atoms with Crippen molar-refractivity contribution >= 4 is 21.9 Å². The molecule has 0 bridgehead atoms. The van der Waals surface area contributed by atoms with E-state index in [2.05, 4.69) is 20.8 Å². The molecule has 1 aromatic rings. The van der Waals surface area contributed by atoms with Gasteiger partial charge in [0.25, 0.3) is 0 Å². The number of carbonyl (C=O) groups excluding carboxylic acids is 1. The van der Waals surface area contributed by atoms with E-state index < -0.39 is 0 Å². The van der Waals surface area contributed by atoms with Gasteiger partial charge >= 0.3 is 5.97 Å². The zero-order valence-corrected chi connectivity index (χ0v) is 11.5. The van der Waals surface area contributed by atoms with Crippen LogP contribution in [0.3, 0.4) is 0 Å². The number of methoxy groups -OCH3 is 1. The Morgan fingerprint density at radius 1 is 1.41 bits per heavy atom. The lowest BCUT2D eigenvalue weighted by atomic mass is 10.1. The lowest BCUT2D eigenvalue weighted by Gasteiger charge is -2.16. The number of benzene rings is 1. The Balaban J connectivity index is 2.10. The second kappa shape index (κ2) is 5.65. The largest absolute Gasteiger partial charge is 0.465 e. The lowest BCUT2D eigenvalue weighted by Crippen LogP contribution is -2.18. The minimum absolute atomic E-state index is 0.293. The fourth-order valence-corrected chi connectivity index (χ4v) is 2.61. The van der Waals surface area contributed by atoms with Gasteiger partial charge in [0, 0.05) is 11.0 Å². The number of rotatable bonds is 3. The van der Waals surface area contributed by atoms with Crippen molar-refractivity contribution in [3.8, 4) is 0 Å². The zero-order valence-electron chi connectivity index (χ0n) is 9.91. The van der Waals surface area contributed by atoms with Crippen LogP contribution in [0, 0.1) is 0 Å². The fraction of sp³-hybridized carbons (Fsp3) is 0.462. The van der Waals surface area contributed by atoms with Gasteiger partial charge in [-0.15, -0.1) is 0 Å². The number of halogens is 1. The van der Waals surface area contributed by atoms with Crippen LogP contribution in [-0.2, 0) is 11.3 Å². The zero-order chi connectivity index (χ0) is 12.3. The van der Waals surface area contributed by atoms with Crippen LogP contribution in [0.5, 0.6) is 0 Å². The predicted octanol–water partition coefficient (Wildman–Crippen LogP) is 2.83. The molecule has 1 aliphatic heterocycles. The van der Waals surface area contributed by atoms with E-state index in [9.17, 15) is 4.79 Å². The van der Waals surface area contributed by atoms with Crippen molar-refractivity contribution in [1.29, 1.82) is 0 Å². The Morgan fingerprint density at radius 3 is 2.71 bits per heavy atom. The summed E-state index contributed by atoms with van der Waals surface area (Å²) in [5.41, 5.74) is 1.81. The van der Waals surface area contributed by atoms with Gasteiger partial charge in [-0.3, -0.25) is 4.90 Å². The van der Waals surface area contributed by atoms with Crippen LogP contribution < -0.4 is 0 Å². The van der Waals surface area contributed by atoms with Crippen molar-refractivity contribution in [2.75, 3.05) is 20.2 Å². The van der Waals surface area contributed by atoms with E-state index in [4.69, 9.17) is 4.74 Å². The van der Waals surface area contributed by atoms with Gasteiger partial charge in [0.2, 0.25) is 0 Å². The molecule has 0 unspecified atom stereocenters. The first-order chi connectivity index (χ1) is 8.20. The van der Waals surface area contributed by atoms with E-state index >= 15 is 0 Å². The average molecular weight is 298 g/mol. The van der Waals surface area contributed by atoms with Gasteiger partial charge in [0.15, 0.2) is 0 Å². The van der Waals surface area contributed by atoms with Crippen molar-refractivity contribution in [2.45, 2.75) is 19.4 Å². The highest BCUT2D eigenvalue weighted by Gasteiger charge is 2.14. The van der Waals surface area contributed by atoms with Gasteiger partial charge < -0.3 is 4.74 Å². The van der Waals surface area contributed by atoms with Crippen LogP contribution >= 0.6 is 15.9 Å². The average Bonchev–Trinajstić information content (AvgIpc) is 2.83. The molecule has 1 fully saturated rings. The Morgan fingerprint density at radius 2 is 2.12 bits per heavy atom. The van der Waals surface area contributed by atoms with Crippen molar-refractivity contribution in [1.82, 2.24) is 4.90 Å². The lowest BCUT2D eigenvalue weighted by molar-refractivity contribution is 0.0600. The molecule has 1 saturated heterocycles. The summed E-state index contributed by atoms with van der Waals surface area (Å²) in [6.07, 6.45) is 2.58. The summed E-state index contributed by atoms with van der Waals surface area (Å²) >= 11 is 3.52. The highest BCUT2D eigenvalue weighted by Crippen LogP contribution is 2.22. The Labute approximate surface area is 110 Å². The number of ether oxygens (including phenoxy) is 1. The smallest absolute Gasteiger partial charge is 0.337 e. The van der Waals surface area contributed by atoms with E-state index in [1.54, 1.807) is 0 Å². The van der Waals surface area contributed by atoms with Gasteiger partial charge in [0.05, 0.1) is 12.7 Å². The highest BCUT2D eigenvalue weighted by molar-refractivity contribution is 9.10. The molecule has 17 heavy (non-hydrogen) atoms. The van der Waals surface area contributed by atoms with E-state index in [0.717, 1.165) is 11.0 Å². The third-order valence-corrected chi connectivity index (χ3v) is 3.81. The molecule has 0 spiro atoms. The maximum Gasteiger partial charge on any atom is 0.337 e. The van der Waals surface area contributed by atoms with Crippen LogP contribution in [0.25, 0.3) is 0 Å². The molecule has 1 aliphatic rings. The van der Waals surface area contributed by atoms with Crippen LogP contribution in [-0.4, -0.2) is 31.1 Å². The van der Waals surface area contributed by atoms with E-state index in [1.807, 2.05) is 18.2 Å². The maximum absolute atomic E-state index is 11.4. The van der Waals surface area contributed by atoms with E-state index in [1.165, 1.54) is 38.6 Å². The monoisotopic (exact) mass is 297 g/mol. The molecule has 92 valence electrons. The third-order valence-electron chi connectivity index (χ3n) is 3.07. The minimum atomic E-state index is -0.293. The number of carbonyl (C=O) groups is 1. The van der Waals surface area contributed by atoms with Crippen molar-refractivity contribution in [3.05, 3.63) is 33.8 Å². The number of hydrogen-bond acceptors (Lipinski definition) is 3. The van der Waals surface area contributed by atoms with E-state index in [0.29, 0.717) is 5.56 Å². The molecule has 0 aliphatic carbocycles. The summed E-state index contributed by atoms with van der Waals surface area (Å²) in [5.74, 6) is -0.293. The molecule has 1 heterocycles. The molecule has 1 aromatic carbocycles. The number of nitrogens with zero attached hydrogens (tertiary/aromatic N) is 1. The van der Waals surface area contributed by atoms with Crippen LogP contribution in [0.1, 0.15) is 28.8 Å². The highest BCUT2D eigenvalue weighted by atomic mass is 79.9. The van der Waals surface area contributed by atoms with Crippen LogP contribution in [0.2, 0.25) is 0 Å².